The van der Waals surface area contributed by atoms with Gasteiger partial charge in [0.05, 0.1) is 39.1 Å². The van der Waals surface area contributed by atoms with Crippen molar-refractivity contribution in [3.63, 3.8) is 0 Å². The molecule has 0 fully saturated rings. The summed E-state index contributed by atoms with van der Waals surface area (Å²) in [7, 11) is -2.52. The molecule has 5 rings (SSSR count). The van der Waals surface area contributed by atoms with E-state index in [0.717, 1.165) is 27.8 Å². The lowest BCUT2D eigenvalue weighted by molar-refractivity contribution is -0.189. The minimum atomic E-state index is -2.52. The maximum Gasteiger partial charge on any atom is 0.333 e. The minimum absolute atomic E-state index is 0.136. The first kappa shape index (κ1) is 44.4. The van der Waals surface area contributed by atoms with E-state index in [1.807, 2.05) is 152 Å². The standard InChI is InChI=1S/C50H60O7Si/c1-39(49(51)56-37-44-30-20-11-21-31-44)32-45(57-58(5,6)50(2,3)4)47(54-35-42-26-16-9-17-27-42)48(55-36-43-28-18-10-19-29-43)46(53-34-41-24-14-8-15-25-41)38-52-33-40-22-12-7-13-23-40/h7-31,45-48H,1,32-38H2,2-6H3/t45-,46-,47-,48-/m1/s1. The predicted octanol–water partition coefficient (Wildman–Crippen LogP) is 11.0. The van der Waals surface area contributed by atoms with Crippen molar-refractivity contribution < 1.29 is 32.9 Å². The largest absolute Gasteiger partial charge is 0.457 e. The average Bonchev–Trinajstić information content (AvgIpc) is 3.23. The van der Waals surface area contributed by atoms with Gasteiger partial charge in [-0.25, -0.2) is 4.79 Å². The van der Waals surface area contributed by atoms with Crippen LogP contribution in [0.25, 0.3) is 0 Å². The van der Waals surface area contributed by atoms with Gasteiger partial charge in [-0.3, -0.25) is 0 Å². The van der Waals surface area contributed by atoms with Gasteiger partial charge in [0.2, 0.25) is 0 Å². The van der Waals surface area contributed by atoms with E-state index in [1.54, 1.807) is 0 Å². The van der Waals surface area contributed by atoms with E-state index in [1.165, 1.54) is 0 Å². The Bertz CT molecular complexity index is 1920. The molecule has 0 heterocycles. The molecule has 0 aromatic heterocycles. The van der Waals surface area contributed by atoms with Gasteiger partial charge in [-0.15, -0.1) is 0 Å². The molecule has 0 amide bonds. The lowest BCUT2D eigenvalue weighted by Crippen LogP contribution is -2.55. The van der Waals surface area contributed by atoms with E-state index in [9.17, 15) is 4.79 Å². The molecule has 0 aliphatic carbocycles. The number of esters is 1. The molecular formula is C50H60O7Si. The molecule has 5 aromatic rings. The first-order valence-corrected chi connectivity index (χ1v) is 23.0. The van der Waals surface area contributed by atoms with Crippen LogP contribution in [0.15, 0.2) is 164 Å². The molecule has 0 radical (unpaired) electrons. The van der Waals surface area contributed by atoms with Gasteiger partial charge in [-0.2, -0.15) is 0 Å². The number of rotatable bonds is 23. The summed E-state index contributed by atoms with van der Waals surface area (Å²) >= 11 is 0. The second-order valence-electron chi connectivity index (χ2n) is 16.1. The third-order valence-electron chi connectivity index (χ3n) is 10.5. The van der Waals surface area contributed by atoms with Crippen molar-refractivity contribution in [2.45, 2.75) is 103 Å². The van der Waals surface area contributed by atoms with Crippen molar-refractivity contribution in [3.8, 4) is 0 Å². The molecule has 0 aliphatic rings. The summed E-state index contributed by atoms with van der Waals surface area (Å²) in [6.45, 7) is 16.9. The Morgan fingerprint density at radius 2 is 0.897 bits per heavy atom. The van der Waals surface area contributed by atoms with Crippen molar-refractivity contribution in [2.75, 3.05) is 6.61 Å². The Kier molecular flexibility index (Phi) is 17.2. The van der Waals surface area contributed by atoms with E-state index < -0.39 is 38.7 Å². The summed E-state index contributed by atoms with van der Waals surface area (Å²) < 4.78 is 40.5. The topological polar surface area (TPSA) is 72.5 Å². The Hall–Kier alpha value is -4.67. The molecule has 0 saturated heterocycles. The van der Waals surface area contributed by atoms with Gasteiger partial charge in [0.25, 0.3) is 0 Å². The normalized spacial score (nSPS) is 13.9. The Morgan fingerprint density at radius 3 is 1.31 bits per heavy atom. The van der Waals surface area contributed by atoms with Crippen molar-refractivity contribution in [1.82, 2.24) is 0 Å². The number of benzene rings is 5. The monoisotopic (exact) mass is 800 g/mol. The Morgan fingerprint density at radius 1 is 0.534 bits per heavy atom. The molecule has 0 spiro atoms. The number of carbonyl (C=O) groups excluding carboxylic acids is 1. The molecule has 4 atom stereocenters. The van der Waals surface area contributed by atoms with E-state index >= 15 is 0 Å². The van der Waals surface area contributed by atoms with Crippen LogP contribution in [0, 0.1) is 0 Å². The zero-order valence-electron chi connectivity index (χ0n) is 34.8. The van der Waals surface area contributed by atoms with Crippen LogP contribution in [0.1, 0.15) is 55.0 Å². The van der Waals surface area contributed by atoms with Crippen LogP contribution in [0.5, 0.6) is 0 Å². The molecule has 0 saturated carbocycles. The van der Waals surface area contributed by atoms with Gasteiger partial charge in [0, 0.05) is 12.0 Å². The summed E-state index contributed by atoms with van der Waals surface area (Å²) in [4.78, 5) is 13.7. The summed E-state index contributed by atoms with van der Waals surface area (Å²) in [6.07, 6.45) is -2.58. The highest BCUT2D eigenvalue weighted by molar-refractivity contribution is 6.74. The Labute approximate surface area is 347 Å². The fraction of sp³-hybridized carbons (Fsp3) is 0.340. The SMILES string of the molecule is C=C(C[C@@H](O[Si](C)(C)C(C)(C)C)[C@@H](OCc1ccccc1)[C@H](OCc1ccccc1)[C@@H](COCc1ccccc1)OCc1ccccc1)C(=O)OCc1ccccc1. The number of hydrogen-bond acceptors (Lipinski definition) is 7. The number of ether oxygens (including phenoxy) is 5. The number of carbonyl (C=O) groups is 1. The highest BCUT2D eigenvalue weighted by Gasteiger charge is 2.45. The smallest absolute Gasteiger partial charge is 0.333 e. The Balaban J connectivity index is 1.55. The maximum atomic E-state index is 13.7. The maximum absolute atomic E-state index is 13.7. The molecule has 0 N–H and O–H groups in total. The van der Waals surface area contributed by atoms with Gasteiger partial charge < -0.3 is 28.1 Å². The van der Waals surface area contributed by atoms with Crippen molar-refractivity contribution in [3.05, 3.63) is 192 Å². The van der Waals surface area contributed by atoms with Crippen molar-refractivity contribution >= 4 is 14.3 Å². The minimum Gasteiger partial charge on any atom is -0.457 e. The molecule has 0 aliphatic heterocycles. The van der Waals surface area contributed by atoms with Crippen molar-refractivity contribution in [1.29, 1.82) is 0 Å². The quantitative estimate of drug-likeness (QED) is 0.0370. The van der Waals surface area contributed by atoms with Crippen LogP contribution in [-0.4, -0.2) is 45.3 Å². The fourth-order valence-corrected chi connectivity index (χ4v) is 7.50. The average molecular weight is 801 g/mol. The molecule has 0 bridgehead atoms. The second kappa shape index (κ2) is 22.5. The molecule has 58 heavy (non-hydrogen) atoms. The van der Waals surface area contributed by atoms with Crippen LogP contribution in [0.2, 0.25) is 18.1 Å². The van der Waals surface area contributed by atoms with E-state index in [4.69, 9.17) is 28.1 Å². The van der Waals surface area contributed by atoms with E-state index in [-0.39, 0.29) is 43.5 Å². The van der Waals surface area contributed by atoms with Gasteiger partial charge in [-0.05, 0) is 45.9 Å². The lowest BCUT2D eigenvalue weighted by Gasteiger charge is -2.44. The highest BCUT2D eigenvalue weighted by Crippen LogP contribution is 2.39. The second-order valence-corrected chi connectivity index (χ2v) is 20.9. The zero-order valence-corrected chi connectivity index (χ0v) is 35.8. The summed E-state index contributed by atoms with van der Waals surface area (Å²) in [5.41, 5.74) is 5.23. The van der Waals surface area contributed by atoms with Gasteiger partial charge in [0.15, 0.2) is 8.32 Å². The van der Waals surface area contributed by atoms with E-state index in [2.05, 4.69) is 40.4 Å². The van der Waals surface area contributed by atoms with Gasteiger partial charge in [-0.1, -0.05) is 179 Å². The van der Waals surface area contributed by atoms with Gasteiger partial charge in [0.1, 0.15) is 24.9 Å². The van der Waals surface area contributed by atoms with Crippen LogP contribution < -0.4 is 0 Å². The molecular weight excluding hydrogens is 741 g/mol. The molecule has 5 aromatic carbocycles. The molecule has 306 valence electrons. The van der Waals surface area contributed by atoms with Crippen LogP contribution in [0.4, 0.5) is 0 Å². The van der Waals surface area contributed by atoms with Crippen molar-refractivity contribution in [2.24, 2.45) is 0 Å². The van der Waals surface area contributed by atoms with Gasteiger partial charge >= 0.3 is 5.97 Å². The molecule has 0 unspecified atom stereocenters. The first-order valence-electron chi connectivity index (χ1n) is 20.1. The molecule has 8 heteroatoms. The zero-order chi connectivity index (χ0) is 41.2. The van der Waals surface area contributed by atoms with Crippen LogP contribution in [-0.2, 0) is 65.9 Å². The number of hydrogen-bond donors (Lipinski definition) is 0. The van der Waals surface area contributed by atoms with Crippen LogP contribution >= 0.6 is 0 Å². The summed E-state index contributed by atoms with van der Waals surface area (Å²) in [5, 5.41) is -0.160. The predicted molar refractivity (Wildman–Crippen MR) is 233 cm³/mol. The van der Waals surface area contributed by atoms with Crippen LogP contribution in [0.3, 0.4) is 0 Å². The highest BCUT2D eigenvalue weighted by atomic mass is 28.4. The summed E-state index contributed by atoms with van der Waals surface area (Å²) in [5.74, 6) is -0.487. The van der Waals surface area contributed by atoms with E-state index in [0.29, 0.717) is 13.2 Å². The summed E-state index contributed by atoms with van der Waals surface area (Å²) in [6, 6.07) is 49.9. The third kappa shape index (κ3) is 14.3. The lowest BCUT2D eigenvalue weighted by atomic mass is 9.97. The third-order valence-corrected chi connectivity index (χ3v) is 15.0. The fourth-order valence-electron chi connectivity index (χ4n) is 6.17. The molecule has 7 nitrogen and oxygen atoms in total. The first-order chi connectivity index (χ1) is 28.0.